The van der Waals surface area contributed by atoms with Crippen LogP contribution in [0.25, 0.3) is 0 Å². The lowest BCUT2D eigenvalue weighted by Gasteiger charge is -2.17. The minimum absolute atomic E-state index is 0.179. The van der Waals surface area contributed by atoms with Gasteiger partial charge in [0.25, 0.3) is 0 Å². The Kier molecular flexibility index (Phi) is 5.77. The standard InChI is InChI=1S/C18H17ClO4/c1-3-23-18(21)15(12-8-5-4-6-9-12)17(20)16-13(19)10-7-11-14(16)22-2/h4-11,15H,3H2,1-2H3. The number of carbonyl (C=O) groups is 2. The molecule has 0 aliphatic heterocycles. The Morgan fingerprint density at radius 2 is 1.78 bits per heavy atom. The summed E-state index contributed by atoms with van der Waals surface area (Å²) in [4.78, 5) is 25.3. The fourth-order valence-electron chi connectivity index (χ4n) is 2.32. The number of Topliss-reactive ketones (excluding diaryl/α,β-unsaturated/α-hetero) is 1. The molecular formula is C18H17ClO4. The number of ketones is 1. The monoisotopic (exact) mass is 332 g/mol. The summed E-state index contributed by atoms with van der Waals surface area (Å²) < 4.78 is 10.3. The SMILES string of the molecule is CCOC(=O)C(C(=O)c1c(Cl)cccc1OC)c1ccccc1. The highest BCUT2D eigenvalue weighted by Crippen LogP contribution is 2.32. The van der Waals surface area contributed by atoms with Crippen LogP contribution in [-0.2, 0) is 9.53 Å². The number of ether oxygens (including phenoxy) is 2. The minimum Gasteiger partial charge on any atom is -0.496 e. The van der Waals surface area contributed by atoms with Crippen molar-refractivity contribution in [2.24, 2.45) is 0 Å². The summed E-state index contributed by atoms with van der Waals surface area (Å²) in [5, 5.41) is 0.236. The van der Waals surface area contributed by atoms with Gasteiger partial charge in [-0.15, -0.1) is 0 Å². The van der Waals surface area contributed by atoms with E-state index in [1.54, 1.807) is 49.4 Å². The third-order valence-corrected chi connectivity index (χ3v) is 3.67. The predicted molar refractivity (Wildman–Crippen MR) is 88.2 cm³/mol. The fourth-order valence-corrected chi connectivity index (χ4v) is 2.58. The molecule has 0 amide bonds. The zero-order valence-corrected chi connectivity index (χ0v) is 13.7. The topological polar surface area (TPSA) is 52.6 Å². The second-order valence-corrected chi connectivity index (χ2v) is 5.18. The molecule has 0 fully saturated rings. The molecule has 0 aromatic heterocycles. The molecule has 0 spiro atoms. The average Bonchev–Trinajstić information content (AvgIpc) is 2.55. The van der Waals surface area contributed by atoms with E-state index >= 15 is 0 Å². The largest absolute Gasteiger partial charge is 0.496 e. The lowest BCUT2D eigenvalue weighted by Crippen LogP contribution is -2.25. The molecule has 0 saturated carbocycles. The third kappa shape index (κ3) is 3.71. The van der Waals surface area contributed by atoms with Crippen LogP contribution in [0.5, 0.6) is 5.75 Å². The Balaban J connectivity index is 2.52. The van der Waals surface area contributed by atoms with Crippen LogP contribution in [0.4, 0.5) is 0 Å². The van der Waals surface area contributed by atoms with Crippen LogP contribution in [0.3, 0.4) is 0 Å². The van der Waals surface area contributed by atoms with Crippen LogP contribution in [0.15, 0.2) is 48.5 Å². The quantitative estimate of drug-likeness (QED) is 0.457. The zero-order chi connectivity index (χ0) is 16.8. The Hall–Kier alpha value is -2.33. The van der Waals surface area contributed by atoms with Gasteiger partial charge in [0.05, 0.1) is 24.3 Å². The molecule has 5 heteroatoms. The molecule has 1 atom stereocenters. The molecule has 2 aromatic carbocycles. The van der Waals surface area contributed by atoms with E-state index < -0.39 is 17.7 Å². The van der Waals surface area contributed by atoms with E-state index in [1.807, 2.05) is 6.07 Å². The Morgan fingerprint density at radius 3 is 2.39 bits per heavy atom. The van der Waals surface area contributed by atoms with Crippen molar-refractivity contribution in [3.63, 3.8) is 0 Å². The second kappa shape index (κ2) is 7.79. The molecule has 0 radical (unpaired) electrons. The van der Waals surface area contributed by atoms with Gasteiger partial charge in [0, 0.05) is 0 Å². The highest BCUT2D eigenvalue weighted by atomic mass is 35.5. The number of hydrogen-bond donors (Lipinski definition) is 0. The molecule has 0 aliphatic carbocycles. The normalized spacial score (nSPS) is 11.6. The van der Waals surface area contributed by atoms with Gasteiger partial charge in [-0.25, -0.2) is 0 Å². The van der Waals surface area contributed by atoms with Crippen molar-refractivity contribution in [3.05, 3.63) is 64.7 Å². The lowest BCUT2D eigenvalue weighted by molar-refractivity contribution is -0.143. The molecule has 120 valence electrons. The number of hydrogen-bond acceptors (Lipinski definition) is 4. The summed E-state index contributed by atoms with van der Waals surface area (Å²) in [6.45, 7) is 1.88. The molecule has 0 heterocycles. The maximum atomic E-state index is 13.0. The van der Waals surface area contributed by atoms with Crippen molar-refractivity contribution >= 4 is 23.4 Å². The molecule has 1 unspecified atom stereocenters. The highest BCUT2D eigenvalue weighted by Gasteiger charge is 2.33. The Labute approximate surface area is 140 Å². The van der Waals surface area contributed by atoms with E-state index in [2.05, 4.69) is 0 Å². The predicted octanol–water partition coefficient (Wildman–Crippen LogP) is 3.88. The van der Waals surface area contributed by atoms with Gasteiger partial charge in [0.1, 0.15) is 11.7 Å². The van der Waals surface area contributed by atoms with Crippen LogP contribution in [0, 0.1) is 0 Å². The van der Waals surface area contributed by atoms with Crippen LogP contribution < -0.4 is 4.74 Å². The molecule has 2 aromatic rings. The Morgan fingerprint density at radius 1 is 1.09 bits per heavy atom. The third-order valence-electron chi connectivity index (χ3n) is 3.36. The van der Waals surface area contributed by atoms with Crippen molar-refractivity contribution in [2.45, 2.75) is 12.8 Å². The number of carbonyl (C=O) groups excluding carboxylic acids is 2. The van der Waals surface area contributed by atoms with Gasteiger partial charge >= 0.3 is 5.97 Å². The maximum Gasteiger partial charge on any atom is 0.321 e. The van der Waals surface area contributed by atoms with E-state index in [1.165, 1.54) is 7.11 Å². The molecule has 0 bridgehead atoms. The van der Waals surface area contributed by atoms with Crippen molar-refractivity contribution < 1.29 is 19.1 Å². The van der Waals surface area contributed by atoms with Gasteiger partial charge in [0.2, 0.25) is 0 Å². The van der Waals surface area contributed by atoms with Crippen LogP contribution >= 0.6 is 11.6 Å². The average molecular weight is 333 g/mol. The smallest absolute Gasteiger partial charge is 0.321 e. The summed E-state index contributed by atoms with van der Waals surface area (Å²) >= 11 is 6.16. The molecule has 2 rings (SSSR count). The first-order valence-corrected chi connectivity index (χ1v) is 7.56. The van der Waals surface area contributed by atoms with Gasteiger partial charge in [0.15, 0.2) is 5.78 Å². The van der Waals surface area contributed by atoms with Crippen LogP contribution in [0.1, 0.15) is 28.8 Å². The molecule has 23 heavy (non-hydrogen) atoms. The Bertz CT molecular complexity index is 697. The number of benzene rings is 2. The molecular weight excluding hydrogens is 316 g/mol. The van der Waals surface area contributed by atoms with Gasteiger partial charge in [-0.2, -0.15) is 0 Å². The zero-order valence-electron chi connectivity index (χ0n) is 12.9. The molecule has 0 N–H and O–H groups in total. The van der Waals surface area contributed by atoms with Crippen molar-refractivity contribution in [1.29, 1.82) is 0 Å². The minimum atomic E-state index is -1.08. The molecule has 4 nitrogen and oxygen atoms in total. The summed E-state index contributed by atoms with van der Waals surface area (Å²) in [5.74, 6) is -1.81. The van der Waals surface area contributed by atoms with Crippen molar-refractivity contribution in [2.75, 3.05) is 13.7 Å². The van der Waals surface area contributed by atoms with Gasteiger partial charge in [-0.1, -0.05) is 48.0 Å². The van der Waals surface area contributed by atoms with Crippen LogP contribution in [-0.4, -0.2) is 25.5 Å². The van der Waals surface area contributed by atoms with Gasteiger partial charge in [-0.3, -0.25) is 9.59 Å². The van der Waals surface area contributed by atoms with Crippen LogP contribution in [0.2, 0.25) is 5.02 Å². The van der Waals surface area contributed by atoms with Gasteiger partial charge in [-0.05, 0) is 24.6 Å². The van der Waals surface area contributed by atoms with E-state index in [9.17, 15) is 9.59 Å². The summed E-state index contributed by atoms with van der Waals surface area (Å²) in [6.07, 6.45) is 0. The summed E-state index contributed by atoms with van der Waals surface area (Å²) in [6, 6.07) is 13.7. The van der Waals surface area contributed by atoms with E-state index in [4.69, 9.17) is 21.1 Å². The van der Waals surface area contributed by atoms with Crippen molar-refractivity contribution in [1.82, 2.24) is 0 Å². The number of halogens is 1. The number of methoxy groups -OCH3 is 1. The van der Waals surface area contributed by atoms with Gasteiger partial charge < -0.3 is 9.47 Å². The molecule has 0 saturated heterocycles. The lowest BCUT2D eigenvalue weighted by atomic mass is 9.90. The second-order valence-electron chi connectivity index (χ2n) is 4.78. The first kappa shape index (κ1) is 17.0. The maximum absolute atomic E-state index is 13.0. The fraction of sp³-hybridized carbons (Fsp3) is 0.222. The van der Waals surface area contributed by atoms with E-state index in [0.717, 1.165) is 0 Å². The summed E-state index contributed by atoms with van der Waals surface area (Å²) in [7, 11) is 1.45. The first-order valence-electron chi connectivity index (χ1n) is 7.18. The van der Waals surface area contributed by atoms with E-state index in [0.29, 0.717) is 11.3 Å². The first-order chi connectivity index (χ1) is 11.1. The molecule has 0 aliphatic rings. The summed E-state index contributed by atoms with van der Waals surface area (Å²) in [5.41, 5.74) is 0.733. The van der Waals surface area contributed by atoms with E-state index in [-0.39, 0.29) is 17.2 Å². The number of esters is 1. The van der Waals surface area contributed by atoms with Crippen molar-refractivity contribution in [3.8, 4) is 5.75 Å². The number of rotatable bonds is 6. The highest BCUT2D eigenvalue weighted by molar-refractivity contribution is 6.35.